The molecule has 0 bridgehead atoms. The molecule has 0 aliphatic rings. The molecule has 0 radical (unpaired) electrons. The molecule has 0 amide bonds. The second-order valence-electron chi connectivity index (χ2n) is 5.70. The van der Waals surface area contributed by atoms with E-state index < -0.39 is 0 Å². The molecule has 0 aliphatic heterocycles. The van der Waals surface area contributed by atoms with Crippen LogP contribution in [-0.4, -0.2) is 18.6 Å². The van der Waals surface area contributed by atoms with E-state index in [0.29, 0.717) is 0 Å². The summed E-state index contributed by atoms with van der Waals surface area (Å²) in [6.45, 7) is 6.58. The summed E-state index contributed by atoms with van der Waals surface area (Å²) in [7, 11) is 0. The molecule has 0 unspecified atom stereocenters. The maximum atomic E-state index is 4.47. The third-order valence-corrected chi connectivity index (χ3v) is 3.52. The first-order chi connectivity index (χ1) is 9.81. The highest BCUT2D eigenvalue weighted by molar-refractivity contribution is 5.59. The number of hydrogen-bond acceptors (Lipinski definition) is 2. The number of hydrogen-bond donors (Lipinski definition) is 0. The summed E-state index contributed by atoms with van der Waals surface area (Å²) < 4.78 is 0. The molecule has 0 atom stereocenters. The first-order valence-corrected chi connectivity index (χ1v) is 8.84. The van der Waals surface area contributed by atoms with Crippen molar-refractivity contribution in [3.63, 3.8) is 0 Å². The van der Waals surface area contributed by atoms with E-state index >= 15 is 0 Å². The minimum absolute atomic E-state index is 0.112. The van der Waals surface area contributed by atoms with Crippen molar-refractivity contribution in [2.24, 2.45) is 9.98 Å². The van der Waals surface area contributed by atoms with Crippen LogP contribution in [0.15, 0.2) is 9.98 Å². The number of aliphatic imine (C=N–C) groups is 2. The van der Waals surface area contributed by atoms with Crippen LogP contribution in [0.3, 0.4) is 0 Å². The van der Waals surface area contributed by atoms with Gasteiger partial charge in [0.1, 0.15) is 6.17 Å². The molecule has 118 valence electrons. The molecule has 0 aromatic heterocycles. The van der Waals surface area contributed by atoms with Crippen LogP contribution in [0, 0.1) is 0 Å². The lowest BCUT2D eigenvalue weighted by molar-refractivity contribution is 0.642. The second-order valence-corrected chi connectivity index (χ2v) is 5.70. The van der Waals surface area contributed by atoms with E-state index in [-0.39, 0.29) is 6.17 Å². The van der Waals surface area contributed by atoms with Gasteiger partial charge in [0.2, 0.25) is 0 Å². The molecule has 0 N–H and O–H groups in total. The molecular weight excluding hydrogens is 244 g/mol. The lowest BCUT2D eigenvalue weighted by Gasteiger charge is -2.00. The van der Waals surface area contributed by atoms with Crippen LogP contribution in [0.4, 0.5) is 0 Å². The number of rotatable bonds is 14. The summed E-state index contributed by atoms with van der Waals surface area (Å²) >= 11 is 0. The molecule has 0 aromatic carbocycles. The topological polar surface area (TPSA) is 24.7 Å². The second kappa shape index (κ2) is 16.4. The molecule has 2 heteroatoms. The summed E-state index contributed by atoms with van der Waals surface area (Å²) in [5.74, 6) is 0. The van der Waals surface area contributed by atoms with E-state index in [0.717, 1.165) is 12.8 Å². The van der Waals surface area contributed by atoms with Gasteiger partial charge in [0, 0.05) is 12.4 Å². The molecule has 0 aliphatic carbocycles. The van der Waals surface area contributed by atoms with Gasteiger partial charge in [-0.15, -0.1) is 0 Å². The average molecular weight is 280 g/mol. The Kier molecular flexibility index (Phi) is 15.9. The quantitative estimate of drug-likeness (QED) is 0.267. The third-order valence-electron chi connectivity index (χ3n) is 3.52. The van der Waals surface area contributed by atoms with Crippen molar-refractivity contribution in [1.82, 2.24) is 0 Å². The molecule has 0 saturated heterocycles. The van der Waals surface area contributed by atoms with Crippen molar-refractivity contribution >= 4 is 12.4 Å². The van der Waals surface area contributed by atoms with E-state index in [1.54, 1.807) is 0 Å². The van der Waals surface area contributed by atoms with Crippen molar-refractivity contribution < 1.29 is 0 Å². The molecule has 2 nitrogen and oxygen atoms in total. The van der Waals surface area contributed by atoms with Gasteiger partial charge in [-0.05, 0) is 32.6 Å². The van der Waals surface area contributed by atoms with Crippen molar-refractivity contribution in [2.45, 2.75) is 104 Å². The molecular formula is C18H36N2. The minimum Gasteiger partial charge on any atom is -0.271 e. The average Bonchev–Trinajstić information content (AvgIpc) is 2.45. The fourth-order valence-electron chi connectivity index (χ4n) is 2.17. The Morgan fingerprint density at radius 3 is 1.45 bits per heavy atom. The molecule has 0 fully saturated rings. The van der Waals surface area contributed by atoms with E-state index in [4.69, 9.17) is 0 Å². The van der Waals surface area contributed by atoms with Gasteiger partial charge in [0.15, 0.2) is 0 Å². The van der Waals surface area contributed by atoms with Gasteiger partial charge in [-0.1, -0.05) is 65.2 Å². The van der Waals surface area contributed by atoms with Crippen molar-refractivity contribution in [1.29, 1.82) is 0 Å². The number of nitrogens with zero attached hydrogens (tertiary/aromatic N) is 2. The fourth-order valence-corrected chi connectivity index (χ4v) is 2.17. The predicted octanol–water partition coefficient (Wildman–Crippen LogP) is 6.20. The first-order valence-electron chi connectivity index (χ1n) is 8.84. The monoisotopic (exact) mass is 280 g/mol. The van der Waals surface area contributed by atoms with E-state index in [2.05, 4.69) is 43.2 Å². The maximum absolute atomic E-state index is 4.47. The van der Waals surface area contributed by atoms with Gasteiger partial charge < -0.3 is 0 Å². The largest absolute Gasteiger partial charge is 0.271 e. The van der Waals surface area contributed by atoms with Crippen molar-refractivity contribution in [2.75, 3.05) is 0 Å². The van der Waals surface area contributed by atoms with Crippen LogP contribution < -0.4 is 0 Å². The highest BCUT2D eigenvalue weighted by atomic mass is 15.0. The Morgan fingerprint density at radius 1 is 0.650 bits per heavy atom. The van der Waals surface area contributed by atoms with Crippen LogP contribution in [0.5, 0.6) is 0 Å². The molecule has 0 rings (SSSR count). The summed E-state index contributed by atoms with van der Waals surface area (Å²) in [6, 6.07) is 0. The molecule has 0 aromatic rings. The summed E-state index contributed by atoms with van der Waals surface area (Å²) in [5, 5.41) is 0. The SMILES string of the molecule is CCCCCCCC=NC(C)N=CCCCCCCC. The van der Waals surface area contributed by atoms with E-state index in [1.165, 1.54) is 64.2 Å². The van der Waals surface area contributed by atoms with E-state index in [9.17, 15) is 0 Å². The fraction of sp³-hybridized carbons (Fsp3) is 0.889. The van der Waals surface area contributed by atoms with Gasteiger partial charge in [-0.25, -0.2) is 0 Å². The highest BCUT2D eigenvalue weighted by Crippen LogP contribution is 2.05. The molecule has 0 spiro atoms. The summed E-state index contributed by atoms with van der Waals surface area (Å²) in [4.78, 5) is 8.93. The van der Waals surface area contributed by atoms with Crippen LogP contribution in [0.1, 0.15) is 97.8 Å². The first kappa shape index (κ1) is 19.3. The normalized spacial score (nSPS) is 13.6. The van der Waals surface area contributed by atoms with Crippen molar-refractivity contribution in [3.05, 3.63) is 0 Å². The Balaban J connectivity index is 3.39. The molecule has 0 saturated carbocycles. The zero-order valence-electron chi connectivity index (χ0n) is 14.1. The predicted molar refractivity (Wildman–Crippen MR) is 93.2 cm³/mol. The van der Waals surface area contributed by atoms with Gasteiger partial charge >= 0.3 is 0 Å². The van der Waals surface area contributed by atoms with Gasteiger partial charge in [0.25, 0.3) is 0 Å². The maximum Gasteiger partial charge on any atom is 0.135 e. The molecule has 0 heterocycles. The van der Waals surface area contributed by atoms with Gasteiger partial charge in [0.05, 0.1) is 0 Å². The summed E-state index contributed by atoms with van der Waals surface area (Å²) in [5.41, 5.74) is 0. The van der Waals surface area contributed by atoms with Crippen molar-refractivity contribution in [3.8, 4) is 0 Å². The zero-order valence-corrected chi connectivity index (χ0v) is 14.1. The smallest absolute Gasteiger partial charge is 0.135 e. The van der Waals surface area contributed by atoms with Gasteiger partial charge in [-0.2, -0.15) is 0 Å². The van der Waals surface area contributed by atoms with Crippen LogP contribution in [-0.2, 0) is 0 Å². The standard InChI is InChI=1S/C18H36N2/c1-4-6-8-10-12-14-16-19-18(3)20-17-15-13-11-9-7-5-2/h16-18H,4-15H2,1-3H3. The Labute approximate surface area is 127 Å². The Bertz CT molecular complexity index is 210. The van der Waals surface area contributed by atoms with Crippen LogP contribution >= 0.6 is 0 Å². The zero-order chi connectivity index (χ0) is 14.9. The number of unbranched alkanes of at least 4 members (excludes halogenated alkanes) is 10. The Hall–Kier alpha value is -0.660. The van der Waals surface area contributed by atoms with Gasteiger partial charge in [-0.3, -0.25) is 9.98 Å². The van der Waals surface area contributed by atoms with E-state index in [1.807, 2.05) is 0 Å². The van der Waals surface area contributed by atoms with Crippen LogP contribution in [0.25, 0.3) is 0 Å². The lowest BCUT2D eigenvalue weighted by atomic mass is 10.1. The summed E-state index contributed by atoms with van der Waals surface area (Å²) in [6.07, 6.45) is 19.8. The Morgan fingerprint density at radius 2 is 1.05 bits per heavy atom. The molecule has 20 heavy (non-hydrogen) atoms. The van der Waals surface area contributed by atoms with Crippen LogP contribution in [0.2, 0.25) is 0 Å². The third kappa shape index (κ3) is 15.4. The highest BCUT2D eigenvalue weighted by Gasteiger charge is 1.92. The minimum atomic E-state index is 0.112. The lowest BCUT2D eigenvalue weighted by Crippen LogP contribution is -1.94.